The monoisotopic (exact) mass is 255 g/mol. The zero-order valence-corrected chi connectivity index (χ0v) is 11.4. The van der Waals surface area contributed by atoms with Gasteiger partial charge in [-0.1, -0.05) is 42.5 Å². The highest BCUT2D eigenvalue weighted by Crippen LogP contribution is 2.21. The van der Waals surface area contributed by atoms with Crippen LogP contribution in [-0.2, 0) is 6.42 Å². The van der Waals surface area contributed by atoms with Gasteiger partial charge in [-0.25, -0.2) is 0 Å². The van der Waals surface area contributed by atoms with Gasteiger partial charge in [0.2, 0.25) is 0 Å². The van der Waals surface area contributed by atoms with E-state index < -0.39 is 0 Å². The average molecular weight is 255 g/mol. The predicted molar refractivity (Wildman–Crippen MR) is 79.6 cm³/mol. The lowest BCUT2D eigenvalue weighted by Gasteiger charge is -2.15. The molecule has 2 N–H and O–H groups in total. The number of ether oxygens (including phenoxy) is 1. The summed E-state index contributed by atoms with van der Waals surface area (Å²) in [6, 6.07) is 18.8. The van der Waals surface area contributed by atoms with Crippen molar-refractivity contribution in [2.45, 2.75) is 18.8 Å². The fourth-order valence-electron chi connectivity index (χ4n) is 2.28. The molecule has 2 aromatic carbocycles. The molecule has 0 aliphatic rings. The quantitative estimate of drug-likeness (QED) is 0.859. The molecule has 0 radical (unpaired) electrons. The number of benzene rings is 2. The maximum absolute atomic E-state index is 5.89. The number of methoxy groups -OCH3 is 1. The first kappa shape index (κ1) is 13.6. The van der Waals surface area contributed by atoms with E-state index in [2.05, 4.69) is 36.4 Å². The Morgan fingerprint density at radius 3 is 2.26 bits per heavy atom. The van der Waals surface area contributed by atoms with Gasteiger partial charge in [0, 0.05) is 0 Å². The third kappa shape index (κ3) is 3.83. The molecule has 19 heavy (non-hydrogen) atoms. The molecule has 0 saturated heterocycles. The van der Waals surface area contributed by atoms with Crippen LogP contribution < -0.4 is 10.5 Å². The van der Waals surface area contributed by atoms with E-state index in [4.69, 9.17) is 10.5 Å². The second-order valence-electron chi connectivity index (χ2n) is 4.73. The van der Waals surface area contributed by atoms with E-state index in [0.717, 1.165) is 18.6 Å². The summed E-state index contributed by atoms with van der Waals surface area (Å²) in [4.78, 5) is 0. The van der Waals surface area contributed by atoms with Crippen LogP contribution in [-0.4, -0.2) is 13.7 Å². The maximum atomic E-state index is 5.89. The van der Waals surface area contributed by atoms with Crippen molar-refractivity contribution in [2.24, 2.45) is 5.73 Å². The lowest BCUT2D eigenvalue weighted by Crippen LogP contribution is -2.13. The molecule has 1 atom stereocenters. The van der Waals surface area contributed by atoms with E-state index >= 15 is 0 Å². The number of aryl methyl sites for hydroxylation is 1. The number of nitrogens with two attached hydrogens (primary N) is 1. The van der Waals surface area contributed by atoms with E-state index in [1.807, 2.05) is 18.2 Å². The van der Waals surface area contributed by atoms with Crippen LogP contribution in [0.2, 0.25) is 0 Å². The fourth-order valence-corrected chi connectivity index (χ4v) is 2.28. The van der Waals surface area contributed by atoms with Crippen LogP contribution in [0.4, 0.5) is 0 Å². The van der Waals surface area contributed by atoms with Crippen molar-refractivity contribution >= 4 is 0 Å². The van der Waals surface area contributed by atoms with Crippen molar-refractivity contribution in [1.82, 2.24) is 0 Å². The van der Waals surface area contributed by atoms with Crippen LogP contribution in [0.5, 0.6) is 5.75 Å². The molecular formula is C17H21NO. The molecule has 0 bridgehead atoms. The van der Waals surface area contributed by atoms with Gasteiger partial charge < -0.3 is 10.5 Å². The molecule has 0 fully saturated rings. The summed E-state index contributed by atoms with van der Waals surface area (Å²) < 4.78 is 5.17. The minimum atomic E-state index is 0.434. The van der Waals surface area contributed by atoms with Gasteiger partial charge in [-0.2, -0.15) is 0 Å². The Labute approximate surface area is 115 Å². The smallest absolute Gasteiger partial charge is 0.118 e. The molecule has 0 amide bonds. The van der Waals surface area contributed by atoms with Crippen LogP contribution in [0.1, 0.15) is 23.5 Å². The maximum Gasteiger partial charge on any atom is 0.118 e. The molecule has 2 nitrogen and oxygen atoms in total. The van der Waals surface area contributed by atoms with E-state index in [1.165, 1.54) is 11.1 Å². The summed E-state index contributed by atoms with van der Waals surface area (Å²) in [6.45, 7) is 0.695. The Kier molecular flexibility index (Phi) is 4.99. The Bertz CT molecular complexity index is 478. The van der Waals surface area contributed by atoms with Gasteiger partial charge in [0.1, 0.15) is 5.75 Å². The lowest BCUT2D eigenvalue weighted by molar-refractivity contribution is 0.414. The highest BCUT2D eigenvalue weighted by Gasteiger charge is 2.09. The minimum Gasteiger partial charge on any atom is -0.497 e. The standard InChI is InChI=1S/C17H21NO/c1-19-17-11-8-14(9-12-17)7-10-16(13-18)15-5-3-2-4-6-15/h2-6,8-9,11-12,16H,7,10,13,18H2,1H3. The van der Waals surface area contributed by atoms with Crippen molar-refractivity contribution in [3.8, 4) is 5.75 Å². The van der Waals surface area contributed by atoms with Gasteiger partial charge in [-0.3, -0.25) is 0 Å². The molecule has 0 aliphatic carbocycles. The van der Waals surface area contributed by atoms with E-state index in [1.54, 1.807) is 7.11 Å². The molecular weight excluding hydrogens is 234 g/mol. The summed E-state index contributed by atoms with van der Waals surface area (Å²) in [5, 5.41) is 0. The van der Waals surface area contributed by atoms with Crippen molar-refractivity contribution in [2.75, 3.05) is 13.7 Å². The first-order valence-corrected chi connectivity index (χ1v) is 6.71. The molecule has 2 heteroatoms. The first-order valence-electron chi connectivity index (χ1n) is 6.71. The summed E-state index contributed by atoms with van der Waals surface area (Å²) >= 11 is 0. The molecule has 2 aromatic rings. The topological polar surface area (TPSA) is 35.2 Å². The Balaban J connectivity index is 1.96. The third-order valence-electron chi connectivity index (χ3n) is 3.50. The molecule has 100 valence electrons. The SMILES string of the molecule is COc1ccc(CCC(CN)c2ccccc2)cc1. The highest BCUT2D eigenvalue weighted by molar-refractivity contribution is 5.27. The zero-order chi connectivity index (χ0) is 13.5. The van der Waals surface area contributed by atoms with Crippen LogP contribution in [0, 0.1) is 0 Å². The van der Waals surface area contributed by atoms with Crippen LogP contribution in [0.25, 0.3) is 0 Å². The van der Waals surface area contributed by atoms with E-state index in [9.17, 15) is 0 Å². The fraction of sp³-hybridized carbons (Fsp3) is 0.294. The molecule has 0 saturated carbocycles. The van der Waals surface area contributed by atoms with Gasteiger partial charge in [0.15, 0.2) is 0 Å². The summed E-state index contributed by atoms with van der Waals surface area (Å²) in [5.41, 5.74) is 8.56. The van der Waals surface area contributed by atoms with Gasteiger partial charge in [0.25, 0.3) is 0 Å². The molecule has 2 rings (SSSR count). The van der Waals surface area contributed by atoms with E-state index in [0.29, 0.717) is 12.5 Å². The second-order valence-corrected chi connectivity index (χ2v) is 4.73. The normalized spacial score (nSPS) is 12.1. The second kappa shape index (κ2) is 6.95. The average Bonchev–Trinajstić information content (AvgIpc) is 2.49. The molecule has 1 unspecified atom stereocenters. The van der Waals surface area contributed by atoms with Gasteiger partial charge in [0.05, 0.1) is 7.11 Å². The van der Waals surface area contributed by atoms with E-state index in [-0.39, 0.29) is 0 Å². The van der Waals surface area contributed by atoms with Crippen LogP contribution in [0.15, 0.2) is 54.6 Å². The minimum absolute atomic E-state index is 0.434. The first-order chi connectivity index (χ1) is 9.33. The number of rotatable bonds is 6. The van der Waals surface area contributed by atoms with Crippen molar-refractivity contribution in [1.29, 1.82) is 0 Å². The van der Waals surface area contributed by atoms with Crippen molar-refractivity contribution < 1.29 is 4.74 Å². The molecule has 0 aromatic heterocycles. The molecule has 0 heterocycles. The van der Waals surface area contributed by atoms with Gasteiger partial charge >= 0.3 is 0 Å². The van der Waals surface area contributed by atoms with Crippen molar-refractivity contribution in [3.05, 3.63) is 65.7 Å². The highest BCUT2D eigenvalue weighted by atomic mass is 16.5. The number of hydrogen-bond acceptors (Lipinski definition) is 2. The summed E-state index contributed by atoms with van der Waals surface area (Å²) in [5.74, 6) is 1.34. The van der Waals surface area contributed by atoms with Crippen LogP contribution in [0.3, 0.4) is 0 Å². The summed E-state index contributed by atoms with van der Waals surface area (Å²) in [6.07, 6.45) is 2.12. The predicted octanol–water partition coefficient (Wildman–Crippen LogP) is 3.37. The molecule has 0 aliphatic heterocycles. The third-order valence-corrected chi connectivity index (χ3v) is 3.50. The Morgan fingerprint density at radius 1 is 1.00 bits per heavy atom. The van der Waals surface area contributed by atoms with Gasteiger partial charge in [-0.15, -0.1) is 0 Å². The number of hydrogen-bond donors (Lipinski definition) is 1. The Hall–Kier alpha value is -1.80. The lowest BCUT2D eigenvalue weighted by atomic mass is 9.92. The Morgan fingerprint density at radius 2 is 1.68 bits per heavy atom. The largest absolute Gasteiger partial charge is 0.497 e. The van der Waals surface area contributed by atoms with Gasteiger partial charge in [-0.05, 0) is 48.6 Å². The van der Waals surface area contributed by atoms with Crippen molar-refractivity contribution in [3.63, 3.8) is 0 Å². The zero-order valence-electron chi connectivity index (χ0n) is 11.4. The summed E-state index contributed by atoms with van der Waals surface area (Å²) in [7, 11) is 1.69. The van der Waals surface area contributed by atoms with Crippen LogP contribution >= 0.6 is 0 Å². The molecule has 0 spiro atoms.